The third-order valence-corrected chi connectivity index (χ3v) is 2.04. The summed E-state index contributed by atoms with van der Waals surface area (Å²) in [6.07, 6.45) is 0. The molecular formula is C11H14N2O3. The first-order chi connectivity index (χ1) is 7.44. The molecule has 0 spiro atoms. The molecule has 0 aliphatic heterocycles. The number of nitrogens with one attached hydrogen (secondary N) is 1. The minimum Gasteiger partial charge on any atom is -0.475 e. The van der Waals surface area contributed by atoms with Gasteiger partial charge in [-0.3, -0.25) is 0 Å². The first-order valence-corrected chi connectivity index (χ1v) is 4.88. The number of carboxylic acid groups (broad SMARTS) is 1. The highest BCUT2D eigenvalue weighted by molar-refractivity contribution is 5.84. The van der Waals surface area contributed by atoms with Crippen LogP contribution in [0.2, 0.25) is 0 Å². The third-order valence-electron chi connectivity index (χ3n) is 2.04. The van der Waals surface area contributed by atoms with E-state index in [4.69, 9.17) is 14.8 Å². The molecule has 2 N–H and O–H groups in total. The van der Waals surface area contributed by atoms with Crippen molar-refractivity contribution < 1.29 is 14.3 Å². The van der Waals surface area contributed by atoms with Gasteiger partial charge in [0, 0.05) is 6.54 Å². The predicted octanol–water partition coefficient (Wildman–Crippen LogP) is 1.62. The van der Waals surface area contributed by atoms with Crippen LogP contribution in [0.4, 0.5) is 0 Å². The van der Waals surface area contributed by atoms with Gasteiger partial charge in [-0.2, -0.15) is 5.26 Å². The van der Waals surface area contributed by atoms with E-state index in [2.05, 4.69) is 11.4 Å². The monoisotopic (exact) mass is 222 g/mol. The van der Waals surface area contributed by atoms with Crippen LogP contribution in [-0.2, 0) is 6.54 Å². The highest BCUT2D eigenvalue weighted by Crippen LogP contribution is 2.12. The fourth-order valence-corrected chi connectivity index (χ4v) is 1.13. The molecule has 5 heteroatoms. The molecule has 16 heavy (non-hydrogen) atoms. The minimum absolute atomic E-state index is 0.0728. The molecule has 1 aromatic rings. The maximum atomic E-state index is 10.5. The summed E-state index contributed by atoms with van der Waals surface area (Å²) in [5.74, 6) is -0.605. The van der Waals surface area contributed by atoms with Crippen molar-refractivity contribution >= 4 is 5.97 Å². The highest BCUT2D eigenvalue weighted by atomic mass is 16.4. The molecule has 0 saturated carbocycles. The van der Waals surface area contributed by atoms with Gasteiger partial charge in [0.15, 0.2) is 0 Å². The maximum absolute atomic E-state index is 10.5. The number of nitrogens with zero attached hydrogens (tertiary/aromatic N) is 1. The van der Waals surface area contributed by atoms with E-state index in [0.29, 0.717) is 18.8 Å². The Bertz CT molecular complexity index is 415. The van der Waals surface area contributed by atoms with Crippen LogP contribution in [0.5, 0.6) is 0 Å². The summed E-state index contributed by atoms with van der Waals surface area (Å²) in [6.45, 7) is 4.58. The number of rotatable bonds is 5. The zero-order valence-electron chi connectivity index (χ0n) is 9.28. The molecule has 1 rings (SSSR count). The second-order valence-electron chi connectivity index (χ2n) is 4.17. The Morgan fingerprint density at radius 1 is 1.62 bits per heavy atom. The van der Waals surface area contributed by atoms with Gasteiger partial charge in [-0.05, 0) is 26.0 Å². The fraction of sp³-hybridized carbons (Fsp3) is 0.455. The van der Waals surface area contributed by atoms with Crippen molar-refractivity contribution in [1.29, 1.82) is 5.26 Å². The van der Waals surface area contributed by atoms with Crippen molar-refractivity contribution in [2.45, 2.75) is 20.4 Å². The van der Waals surface area contributed by atoms with E-state index in [9.17, 15) is 4.79 Å². The SMILES string of the molecule is CC(C)(C#N)CNCc1ccc(C(=O)O)o1. The van der Waals surface area contributed by atoms with E-state index in [0.717, 1.165) is 0 Å². The Morgan fingerprint density at radius 3 is 2.81 bits per heavy atom. The molecule has 86 valence electrons. The topological polar surface area (TPSA) is 86.3 Å². The lowest BCUT2D eigenvalue weighted by Crippen LogP contribution is -2.27. The summed E-state index contributed by atoms with van der Waals surface area (Å²) < 4.78 is 5.05. The van der Waals surface area contributed by atoms with Crippen molar-refractivity contribution in [1.82, 2.24) is 5.32 Å². The van der Waals surface area contributed by atoms with E-state index >= 15 is 0 Å². The third kappa shape index (κ3) is 3.41. The van der Waals surface area contributed by atoms with Crippen LogP contribution >= 0.6 is 0 Å². The average Bonchev–Trinajstić information content (AvgIpc) is 2.66. The van der Waals surface area contributed by atoms with Gasteiger partial charge in [-0.25, -0.2) is 4.79 Å². The van der Waals surface area contributed by atoms with Crippen molar-refractivity contribution in [2.24, 2.45) is 5.41 Å². The molecule has 0 aromatic carbocycles. The van der Waals surface area contributed by atoms with E-state index in [1.54, 1.807) is 6.07 Å². The number of hydrogen-bond acceptors (Lipinski definition) is 4. The van der Waals surface area contributed by atoms with Crippen molar-refractivity contribution in [2.75, 3.05) is 6.54 Å². The van der Waals surface area contributed by atoms with E-state index in [-0.39, 0.29) is 5.76 Å². The Labute approximate surface area is 93.7 Å². The summed E-state index contributed by atoms with van der Waals surface area (Å²) >= 11 is 0. The van der Waals surface area contributed by atoms with Gasteiger partial charge in [0.2, 0.25) is 5.76 Å². The second kappa shape index (κ2) is 4.81. The lowest BCUT2D eigenvalue weighted by atomic mass is 9.96. The van der Waals surface area contributed by atoms with Crippen LogP contribution in [0.3, 0.4) is 0 Å². The molecule has 0 saturated heterocycles. The molecule has 1 heterocycles. The van der Waals surface area contributed by atoms with Crippen LogP contribution in [0.15, 0.2) is 16.5 Å². The summed E-state index contributed by atoms with van der Waals surface area (Å²) in [7, 11) is 0. The number of furan rings is 1. The Morgan fingerprint density at radius 2 is 2.31 bits per heavy atom. The van der Waals surface area contributed by atoms with E-state index in [1.165, 1.54) is 6.07 Å². The second-order valence-corrected chi connectivity index (χ2v) is 4.17. The molecule has 0 fully saturated rings. The maximum Gasteiger partial charge on any atom is 0.371 e. The van der Waals surface area contributed by atoms with Crippen LogP contribution in [0, 0.1) is 16.7 Å². The van der Waals surface area contributed by atoms with Gasteiger partial charge in [-0.15, -0.1) is 0 Å². The quantitative estimate of drug-likeness (QED) is 0.790. The predicted molar refractivity (Wildman–Crippen MR) is 56.8 cm³/mol. The molecule has 0 unspecified atom stereocenters. The summed E-state index contributed by atoms with van der Waals surface area (Å²) in [5, 5.41) is 20.4. The molecule has 1 aromatic heterocycles. The highest BCUT2D eigenvalue weighted by Gasteiger charge is 2.16. The van der Waals surface area contributed by atoms with Crippen LogP contribution in [0.1, 0.15) is 30.2 Å². The normalized spacial score (nSPS) is 11.1. The van der Waals surface area contributed by atoms with Gasteiger partial charge in [0.25, 0.3) is 0 Å². The molecular weight excluding hydrogens is 208 g/mol. The molecule has 0 aliphatic rings. The Kier molecular flexibility index (Phi) is 3.69. The largest absolute Gasteiger partial charge is 0.475 e. The molecule has 5 nitrogen and oxygen atoms in total. The number of hydrogen-bond donors (Lipinski definition) is 2. The zero-order chi connectivity index (χ0) is 12.2. The number of nitriles is 1. The smallest absolute Gasteiger partial charge is 0.371 e. The van der Waals surface area contributed by atoms with Gasteiger partial charge in [-0.1, -0.05) is 0 Å². The summed E-state index contributed by atoms with van der Waals surface area (Å²) in [5.41, 5.74) is -0.442. The molecule has 0 radical (unpaired) electrons. The van der Waals surface area contributed by atoms with E-state index < -0.39 is 11.4 Å². The molecule has 0 atom stereocenters. The van der Waals surface area contributed by atoms with Crippen LogP contribution in [-0.4, -0.2) is 17.6 Å². The molecule has 0 aliphatic carbocycles. The van der Waals surface area contributed by atoms with E-state index in [1.807, 2.05) is 13.8 Å². The Hall–Kier alpha value is -1.80. The van der Waals surface area contributed by atoms with Gasteiger partial charge in [0.05, 0.1) is 18.0 Å². The van der Waals surface area contributed by atoms with Crippen molar-refractivity contribution in [3.63, 3.8) is 0 Å². The summed E-state index contributed by atoms with van der Waals surface area (Å²) in [6, 6.07) is 5.18. The lowest BCUT2D eigenvalue weighted by molar-refractivity contribution is 0.0660. The van der Waals surface area contributed by atoms with Gasteiger partial charge >= 0.3 is 5.97 Å². The first-order valence-electron chi connectivity index (χ1n) is 4.88. The average molecular weight is 222 g/mol. The first kappa shape index (κ1) is 12.3. The zero-order valence-corrected chi connectivity index (χ0v) is 9.28. The van der Waals surface area contributed by atoms with Crippen LogP contribution in [0.25, 0.3) is 0 Å². The number of carboxylic acids is 1. The molecule has 0 amide bonds. The summed E-state index contributed by atoms with van der Waals surface area (Å²) in [4.78, 5) is 10.5. The van der Waals surface area contributed by atoms with Crippen molar-refractivity contribution in [3.05, 3.63) is 23.7 Å². The standard InChI is InChI=1S/C11H14N2O3/c1-11(2,6-12)7-13-5-8-3-4-9(16-8)10(14)15/h3-4,13H,5,7H2,1-2H3,(H,14,15). The fourth-order valence-electron chi connectivity index (χ4n) is 1.13. The van der Waals surface area contributed by atoms with Crippen LogP contribution < -0.4 is 5.32 Å². The number of aromatic carboxylic acids is 1. The minimum atomic E-state index is -1.08. The van der Waals surface area contributed by atoms with Crippen molar-refractivity contribution in [3.8, 4) is 6.07 Å². The lowest BCUT2D eigenvalue weighted by Gasteiger charge is -2.14. The molecule has 0 bridgehead atoms. The number of carbonyl (C=O) groups is 1. The Balaban J connectivity index is 2.44. The van der Waals surface area contributed by atoms with Gasteiger partial charge < -0.3 is 14.8 Å². The van der Waals surface area contributed by atoms with Gasteiger partial charge in [0.1, 0.15) is 5.76 Å².